The molecule has 0 saturated heterocycles. The van der Waals surface area contributed by atoms with Gasteiger partial charge in [0.25, 0.3) is 0 Å². The minimum atomic E-state index is -0.331. The summed E-state index contributed by atoms with van der Waals surface area (Å²) < 4.78 is 5.34. The smallest absolute Gasteiger partial charge is 0.176 e. The first kappa shape index (κ1) is 15.7. The Morgan fingerprint density at radius 1 is 1.37 bits per heavy atom. The van der Waals surface area contributed by atoms with E-state index in [1.54, 1.807) is 19.1 Å². The molecule has 0 aliphatic rings. The van der Waals surface area contributed by atoms with Crippen LogP contribution in [0.4, 0.5) is 0 Å². The molecule has 1 unspecified atom stereocenters. The molecule has 106 valence electrons. The molecule has 0 bridgehead atoms. The normalized spacial score (nSPS) is 12.5. The molecule has 1 aromatic carbocycles. The van der Waals surface area contributed by atoms with Gasteiger partial charge in [0.05, 0.1) is 19.3 Å². The van der Waals surface area contributed by atoms with Gasteiger partial charge in [0.15, 0.2) is 5.78 Å². The number of aliphatic hydroxyl groups excluding tert-OH is 1. The van der Waals surface area contributed by atoms with E-state index in [4.69, 9.17) is 4.74 Å². The number of carbonyl (C=O) groups is 1. The minimum Gasteiger partial charge on any atom is -0.494 e. The van der Waals surface area contributed by atoms with Crippen molar-refractivity contribution in [2.24, 2.45) is 0 Å². The van der Waals surface area contributed by atoms with Gasteiger partial charge in [0.2, 0.25) is 0 Å². The number of aliphatic hydroxyl groups is 1. The second-order valence-electron chi connectivity index (χ2n) is 4.76. The molecule has 0 radical (unpaired) electrons. The van der Waals surface area contributed by atoms with Crippen molar-refractivity contribution in [3.05, 3.63) is 29.8 Å². The number of ether oxygens (including phenoxy) is 1. The molecular formula is C15H23NO3. The first-order chi connectivity index (χ1) is 9.02. The van der Waals surface area contributed by atoms with Crippen molar-refractivity contribution in [1.82, 2.24) is 4.90 Å². The molecule has 1 rings (SSSR count). The number of ketones is 1. The van der Waals surface area contributed by atoms with Crippen LogP contribution in [0.25, 0.3) is 0 Å². The summed E-state index contributed by atoms with van der Waals surface area (Å²) in [7, 11) is 1.88. The molecule has 0 aliphatic heterocycles. The number of hydrogen-bond donors (Lipinski definition) is 1. The Morgan fingerprint density at radius 2 is 2.00 bits per heavy atom. The zero-order chi connectivity index (χ0) is 14.3. The predicted molar refractivity (Wildman–Crippen MR) is 75.7 cm³/mol. The third-order valence-corrected chi connectivity index (χ3v) is 2.83. The van der Waals surface area contributed by atoms with Gasteiger partial charge >= 0.3 is 0 Å². The summed E-state index contributed by atoms with van der Waals surface area (Å²) in [6.45, 7) is 5.37. The number of carbonyl (C=O) groups excluding carboxylic acids is 1. The van der Waals surface area contributed by atoms with Gasteiger partial charge in [-0.05, 0) is 51.6 Å². The number of Topliss-reactive ketones (excluding diaryl/α,β-unsaturated/α-hetero) is 1. The van der Waals surface area contributed by atoms with Crippen molar-refractivity contribution in [2.75, 3.05) is 26.7 Å². The summed E-state index contributed by atoms with van der Waals surface area (Å²) in [5.74, 6) is 0.859. The van der Waals surface area contributed by atoms with Crippen LogP contribution in [0.2, 0.25) is 0 Å². The van der Waals surface area contributed by atoms with E-state index in [1.165, 1.54) is 0 Å². The summed E-state index contributed by atoms with van der Waals surface area (Å²) >= 11 is 0. The monoisotopic (exact) mass is 265 g/mol. The molecule has 1 N–H and O–H groups in total. The lowest BCUT2D eigenvalue weighted by molar-refractivity contribution is 0.0931. The minimum absolute atomic E-state index is 0.0798. The van der Waals surface area contributed by atoms with Crippen molar-refractivity contribution in [3.63, 3.8) is 0 Å². The van der Waals surface area contributed by atoms with E-state index in [9.17, 15) is 9.90 Å². The summed E-state index contributed by atoms with van der Waals surface area (Å²) in [5.41, 5.74) is 0.687. The summed E-state index contributed by atoms with van der Waals surface area (Å²) in [6, 6.07) is 7.20. The largest absolute Gasteiger partial charge is 0.494 e. The van der Waals surface area contributed by atoms with Crippen LogP contribution in [0, 0.1) is 0 Å². The lowest BCUT2D eigenvalue weighted by Gasteiger charge is -2.16. The quantitative estimate of drug-likeness (QED) is 0.730. The number of hydrogen-bond acceptors (Lipinski definition) is 4. The Labute approximate surface area is 115 Å². The van der Waals surface area contributed by atoms with Crippen LogP contribution < -0.4 is 4.74 Å². The van der Waals surface area contributed by atoms with E-state index in [0.29, 0.717) is 31.7 Å². The molecule has 0 saturated carbocycles. The zero-order valence-electron chi connectivity index (χ0n) is 11.9. The van der Waals surface area contributed by atoms with Crippen molar-refractivity contribution in [3.8, 4) is 5.75 Å². The molecule has 0 spiro atoms. The van der Waals surface area contributed by atoms with Gasteiger partial charge in [0.1, 0.15) is 5.75 Å². The fraction of sp³-hybridized carbons (Fsp3) is 0.533. The molecule has 1 aromatic rings. The molecule has 0 aromatic heterocycles. The molecule has 4 heteroatoms. The zero-order valence-corrected chi connectivity index (χ0v) is 11.9. The van der Waals surface area contributed by atoms with E-state index < -0.39 is 0 Å². The molecule has 19 heavy (non-hydrogen) atoms. The van der Waals surface area contributed by atoms with E-state index in [-0.39, 0.29) is 11.9 Å². The Morgan fingerprint density at radius 3 is 2.53 bits per heavy atom. The second kappa shape index (κ2) is 7.92. The maximum atomic E-state index is 12.0. The molecule has 0 amide bonds. The van der Waals surface area contributed by atoms with Crippen molar-refractivity contribution >= 4 is 5.78 Å². The molecular weight excluding hydrogens is 242 g/mol. The average molecular weight is 265 g/mol. The molecule has 0 fully saturated rings. The van der Waals surface area contributed by atoms with Crippen LogP contribution in [-0.2, 0) is 0 Å². The van der Waals surface area contributed by atoms with Gasteiger partial charge in [0, 0.05) is 12.1 Å². The summed E-state index contributed by atoms with van der Waals surface area (Å²) in [5, 5.41) is 9.21. The maximum absolute atomic E-state index is 12.0. The first-order valence-corrected chi connectivity index (χ1v) is 6.65. The standard InChI is InChI=1S/C15H23NO3/c1-4-19-14-7-5-13(6-8-14)15(18)11-16(3)10-9-12(2)17/h5-8,12,17H,4,9-11H2,1-3H3. The Bertz CT molecular complexity index is 387. The number of likely N-dealkylation sites (N-methyl/N-ethyl adjacent to an activating group) is 1. The number of rotatable bonds is 8. The fourth-order valence-electron chi connectivity index (χ4n) is 1.73. The van der Waals surface area contributed by atoms with Crippen molar-refractivity contribution in [1.29, 1.82) is 0 Å². The molecule has 0 heterocycles. The highest BCUT2D eigenvalue weighted by Gasteiger charge is 2.10. The lowest BCUT2D eigenvalue weighted by Crippen LogP contribution is -2.28. The summed E-state index contributed by atoms with van der Waals surface area (Å²) in [6.07, 6.45) is 0.343. The van der Waals surface area contributed by atoms with Crippen molar-refractivity contribution in [2.45, 2.75) is 26.4 Å². The summed E-state index contributed by atoms with van der Waals surface area (Å²) in [4.78, 5) is 13.9. The SMILES string of the molecule is CCOc1ccc(C(=O)CN(C)CCC(C)O)cc1. The second-order valence-corrected chi connectivity index (χ2v) is 4.76. The number of nitrogens with zero attached hydrogens (tertiary/aromatic N) is 1. The van der Waals surface area contributed by atoms with Crippen molar-refractivity contribution < 1.29 is 14.6 Å². The van der Waals surface area contributed by atoms with E-state index >= 15 is 0 Å². The molecule has 1 atom stereocenters. The van der Waals surface area contributed by atoms with Crippen LogP contribution in [-0.4, -0.2) is 48.6 Å². The Kier molecular flexibility index (Phi) is 6.53. The van der Waals surface area contributed by atoms with Gasteiger partial charge in [-0.1, -0.05) is 0 Å². The Balaban J connectivity index is 2.48. The van der Waals surface area contributed by atoms with Gasteiger partial charge < -0.3 is 9.84 Å². The predicted octanol–water partition coefficient (Wildman–Crippen LogP) is 1.97. The highest BCUT2D eigenvalue weighted by molar-refractivity contribution is 5.97. The van der Waals surface area contributed by atoms with Gasteiger partial charge in [-0.3, -0.25) is 9.69 Å². The lowest BCUT2D eigenvalue weighted by atomic mass is 10.1. The topological polar surface area (TPSA) is 49.8 Å². The van der Waals surface area contributed by atoms with Gasteiger partial charge in [-0.25, -0.2) is 0 Å². The Hall–Kier alpha value is -1.39. The highest BCUT2D eigenvalue weighted by atomic mass is 16.5. The molecule has 4 nitrogen and oxygen atoms in total. The van der Waals surface area contributed by atoms with Crippen LogP contribution in [0.5, 0.6) is 5.75 Å². The fourth-order valence-corrected chi connectivity index (χ4v) is 1.73. The van der Waals surface area contributed by atoms with Gasteiger partial charge in [-0.15, -0.1) is 0 Å². The average Bonchev–Trinajstić information content (AvgIpc) is 2.37. The number of benzene rings is 1. The van der Waals surface area contributed by atoms with Crippen LogP contribution in [0.3, 0.4) is 0 Å². The van der Waals surface area contributed by atoms with Crippen LogP contribution in [0.15, 0.2) is 24.3 Å². The third kappa shape index (κ3) is 5.85. The third-order valence-electron chi connectivity index (χ3n) is 2.83. The highest BCUT2D eigenvalue weighted by Crippen LogP contribution is 2.12. The maximum Gasteiger partial charge on any atom is 0.176 e. The molecule has 0 aliphatic carbocycles. The first-order valence-electron chi connectivity index (χ1n) is 6.65. The van der Waals surface area contributed by atoms with Gasteiger partial charge in [-0.2, -0.15) is 0 Å². The van der Waals surface area contributed by atoms with E-state index in [2.05, 4.69) is 0 Å². The van der Waals surface area contributed by atoms with Crippen LogP contribution in [0.1, 0.15) is 30.6 Å². The van der Waals surface area contributed by atoms with Crippen LogP contribution >= 0.6 is 0 Å². The van der Waals surface area contributed by atoms with E-state index in [0.717, 1.165) is 5.75 Å². The van der Waals surface area contributed by atoms with E-state index in [1.807, 2.05) is 31.0 Å².